The lowest BCUT2D eigenvalue weighted by atomic mass is 10.3. The molecule has 0 saturated carbocycles. The number of nitrogens with one attached hydrogen (secondary N) is 1. The highest BCUT2D eigenvalue weighted by molar-refractivity contribution is 6.30. The zero-order chi connectivity index (χ0) is 8.27. The summed E-state index contributed by atoms with van der Waals surface area (Å²) in [6, 6.07) is 0.653. The molecule has 0 saturated heterocycles. The number of nitrogens with zero attached hydrogens (tertiary/aromatic N) is 1. The highest BCUT2D eigenvalue weighted by Crippen LogP contribution is 2.11. The molecule has 0 aromatic heterocycles. The SMILES string of the molecule is CCOC1=NC=C(Cl)C(C)N1. The van der Waals surface area contributed by atoms with Gasteiger partial charge in [-0.25, -0.2) is 4.99 Å². The van der Waals surface area contributed by atoms with E-state index >= 15 is 0 Å². The number of ether oxygens (including phenoxy) is 1. The molecule has 1 aliphatic heterocycles. The van der Waals surface area contributed by atoms with Crippen LogP contribution in [0.2, 0.25) is 0 Å². The van der Waals surface area contributed by atoms with E-state index in [4.69, 9.17) is 16.3 Å². The molecule has 11 heavy (non-hydrogen) atoms. The van der Waals surface area contributed by atoms with Crippen molar-refractivity contribution in [3.8, 4) is 0 Å². The maximum absolute atomic E-state index is 5.77. The quantitative estimate of drug-likeness (QED) is 0.653. The van der Waals surface area contributed by atoms with Crippen molar-refractivity contribution in [2.45, 2.75) is 19.9 Å². The van der Waals surface area contributed by atoms with Crippen LogP contribution in [0, 0.1) is 0 Å². The Balaban J connectivity index is 2.58. The standard InChI is InChI=1S/C7H11ClN2O/c1-3-11-7-9-4-6(8)5(2)10-7/h4-5H,3H2,1-2H3,(H,9,10). The van der Waals surface area contributed by atoms with Gasteiger partial charge in [-0.2, -0.15) is 0 Å². The predicted octanol–water partition coefficient (Wildman–Crippen LogP) is 1.45. The Morgan fingerprint density at radius 2 is 2.55 bits per heavy atom. The van der Waals surface area contributed by atoms with Gasteiger partial charge in [0.15, 0.2) is 0 Å². The number of amidine groups is 1. The molecule has 1 atom stereocenters. The summed E-state index contributed by atoms with van der Waals surface area (Å²) >= 11 is 5.77. The van der Waals surface area contributed by atoms with Crippen LogP contribution in [0.3, 0.4) is 0 Å². The molecule has 1 heterocycles. The van der Waals surface area contributed by atoms with Crippen molar-refractivity contribution in [2.75, 3.05) is 6.61 Å². The van der Waals surface area contributed by atoms with Crippen molar-refractivity contribution in [3.05, 3.63) is 11.2 Å². The van der Waals surface area contributed by atoms with E-state index in [0.717, 1.165) is 0 Å². The Morgan fingerprint density at radius 1 is 1.82 bits per heavy atom. The third-order valence-corrected chi connectivity index (χ3v) is 1.76. The summed E-state index contributed by atoms with van der Waals surface area (Å²) < 4.78 is 5.14. The Morgan fingerprint density at radius 3 is 3.09 bits per heavy atom. The number of hydrogen-bond acceptors (Lipinski definition) is 3. The highest BCUT2D eigenvalue weighted by atomic mass is 35.5. The van der Waals surface area contributed by atoms with Gasteiger partial charge in [0.05, 0.1) is 17.7 Å². The minimum Gasteiger partial charge on any atom is -0.465 e. The third kappa shape index (κ3) is 2.12. The summed E-state index contributed by atoms with van der Waals surface area (Å²) in [5.74, 6) is 0. The molecule has 3 nitrogen and oxygen atoms in total. The van der Waals surface area contributed by atoms with Gasteiger partial charge in [-0.3, -0.25) is 0 Å². The zero-order valence-electron chi connectivity index (χ0n) is 6.60. The van der Waals surface area contributed by atoms with E-state index < -0.39 is 0 Å². The molecule has 0 aliphatic carbocycles. The van der Waals surface area contributed by atoms with Gasteiger partial charge in [0.1, 0.15) is 0 Å². The number of rotatable bonds is 1. The molecule has 0 aromatic rings. The van der Waals surface area contributed by atoms with Crippen LogP contribution in [0.25, 0.3) is 0 Å². The molecule has 1 rings (SSSR count). The van der Waals surface area contributed by atoms with Crippen LogP contribution >= 0.6 is 11.6 Å². The Bertz CT molecular complexity index is 201. The monoisotopic (exact) mass is 174 g/mol. The first-order chi connectivity index (χ1) is 5.24. The first-order valence-electron chi connectivity index (χ1n) is 3.56. The minimum absolute atomic E-state index is 0.107. The number of hydrogen-bond donors (Lipinski definition) is 1. The molecular formula is C7H11ClN2O. The van der Waals surface area contributed by atoms with E-state index in [9.17, 15) is 0 Å². The fraction of sp³-hybridized carbons (Fsp3) is 0.571. The van der Waals surface area contributed by atoms with E-state index in [0.29, 0.717) is 17.7 Å². The molecule has 1 N–H and O–H groups in total. The molecule has 0 aromatic carbocycles. The van der Waals surface area contributed by atoms with Crippen LogP contribution in [-0.4, -0.2) is 18.7 Å². The van der Waals surface area contributed by atoms with Crippen LogP contribution in [0.1, 0.15) is 13.8 Å². The van der Waals surface area contributed by atoms with Crippen LogP contribution < -0.4 is 5.32 Å². The molecule has 4 heteroatoms. The van der Waals surface area contributed by atoms with Gasteiger partial charge < -0.3 is 10.1 Å². The highest BCUT2D eigenvalue weighted by Gasteiger charge is 2.13. The van der Waals surface area contributed by atoms with Gasteiger partial charge in [0, 0.05) is 6.20 Å². The van der Waals surface area contributed by atoms with Crippen molar-refractivity contribution >= 4 is 17.6 Å². The molecule has 0 amide bonds. The van der Waals surface area contributed by atoms with Crippen molar-refractivity contribution in [2.24, 2.45) is 4.99 Å². The lowest BCUT2D eigenvalue weighted by Gasteiger charge is -2.18. The van der Waals surface area contributed by atoms with E-state index in [1.165, 1.54) is 0 Å². The first-order valence-corrected chi connectivity index (χ1v) is 3.94. The lowest BCUT2D eigenvalue weighted by molar-refractivity contribution is 0.306. The fourth-order valence-corrected chi connectivity index (χ4v) is 0.843. The van der Waals surface area contributed by atoms with Crippen molar-refractivity contribution in [1.82, 2.24) is 5.32 Å². The van der Waals surface area contributed by atoms with Gasteiger partial charge in [-0.1, -0.05) is 11.6 Å². The molecule has 0 radical (unpaired) electrons. The topological polar surface area (TPSA) is 33.6 Å². The van der Waals surface area contributed by atoms with Crippen molar-refractivity contribution < 1.29 is 4.74 Å². The minimum atomic E-state index is 0.107. The maximum Gasteiger partial charge on any atom is 0.289 e. The second kappa shape index (κ2) is 3.62. The van der Waals surface area contributed by atoms with Crippen LogP contribution in [-0.2, 0) is 4.74 Å². The van der Waals surface area contributed by atoms with Crippen LogP contribution in [0.15, 0.2) is 16.2 Å². The Labute approximate surface area is 71.1 Å². The normalized spacial score (nSPS) is 23.4. The van der Waals surface area contributed by atoms with E-state index in [1.807, 2.05) is 13.8 Å². The van der Waals surface area contributed by atoms with Gasteiger partial charge in [-0.05, 0) is 13.8 Å². The Hall–Kier alpha value is -0.700. The van der Waals surface area contributed by atoms with Gasteiger partial charge >= 0.3 is 0 Å². The van der Waals surface area contributed by atoms with Crippen LogP contribution in [0.4, 0.5) is 0 Å². The third-order valence-electron chi connectivity index (χ3n) is 1.34. The largest absolute Gasteiger partial charge is 0.465 e. The smallest absolute Gasteiger partial charge is 0.289 e. The van der Waals surface area contributed by atoms with E-state index in [1.54, 1.807) is 6.20 Å². The second-order valence-corrected chi connectivity index (χ2v) is 2.68. The van der Waals surface area contributed by atoms with Crippen LogP contribution in [0.5, 0.6) is 0 Å². The summed E-state index contributed by atoms with van der Waals surface area (Å²) in [6.45, 7) is 4.48. The summed E-state index contributed by atoms with van der Waals surface area (Å²) in [5.41, 5.74) is 0. The first kappa shape index (κ1) is 8.40. The molecule has 0 bridgehead atoms. The Kier molecular flexibility index (Phi) is 2.76. The molecule has 1 aliphatic rings. The van der Waals surface area contributed by atoms with E-state index in [-0.39, 0.29) is 6.04 Å². The summed E-state index contributed by atoms with van der Waals surface area (Å²) in [5, 5.41) is 3.70. The average molecular weight is 175 g/mol. The van der Waals surface area contributed by atoms with Crippen molar-refractivity contribution in [1.29, 1.82) is 0 Å². The molecule has 62 valence electrons. The maximum atomic E-state index is 5.77. The van der Waals surface area contributed by atoms with Gasteiger partial charge in [0.25, 0.3) is 6.02 Å². The van der Waals surface area contributed by atoms with Gasteiger partial charge in [0.2, 0.25) is 0 Å². The second-order valence-electron chi connectivity index (χ2n) is 2.25. The van der Waals surface area contributed by atoms with Gasteiger partial charge in [-0.15, -0.1) is 0 Å². The molecular weight excluding hydrogens is 164 g/mol. The molecule has 0 fully saturated rings. The van der Waals surface area contributed by atoms with E-state index in [2.05, 4.69) is 10.3 Å². The lowest BCUT2D eigenvalue weighted by Crippen LogP contribution is -2.36. The summed E-state index contributed by atoms with van der Waals surface area (Å²) in [6.07, 6.45) is 1.60. The summed E-state index contributed by atoms with van der Waals surface area (Å²) in [4.78, 5) is 3.94. The average Bonchev–Trinajstić information content (AvgIpc) is 1.98. The zero-order valence-corrected chi connectivity index (χ0v) is 7.35. The predicted molar refractivity (Wildman–Crippen MR) is 45.6 cm³/mol. The summed E-state index contributed by atoms with van der Waals surface area (Å²) in [7, 11) is 0. The van der Waals surface area contributed by atoms with Crippen molar-refractivity contribution in [3.63, 3.8) is 0 Å². The number of aliphatic imine (C=N–C) groups is 1. The number of halogens is 1. The molecule has 0 spiro atoms. The fourth-order valence-electron chi connectivity index (χ4n) is 0.739. The molecule has 1 unspecified atom stereocenters.